The molecule has 6 heteroatoms. The average Bonchev–Trinajstić information content (AvgIpc) is 2.36. The molecule has 1 aromatic rings. The third-order valence-electron chi connectivity index (χ3n) is 2.42. The number of carbonyl (C=O) groups is 1. The Hall–Kier alpha value is -1.40. The van der Waals surface area contributed by atoms with E-state index in [1.165, 1.54) is 13.2 Å². The molecule has 100 valence electrons. The van der Waals surface area contributed by atoms with Crippen LogP contribution < -0.4 is 15.8 Å². The summed E-state index contributed by atoms with van der Waals surface area (Å²) in [6.45, 7) is 0. The maximum atomic E-state index is 11.7. The lowest BCUT2D eigenvalue weighted by Crippen LogP contribution is -2.36. The summed E-state index contributed by atoms with van der Waals surface area (Å²) in [5, 5.41) is 12.2. The molecule has 0 aliphatic heterocycles. The van der Waals surface area contributed by atoms with Crippen LogP contribution in [-0.4, -0.2) is 36.2 Å². The Morgan fingerprint density at radius 3 is 2.89 bits per heavy atom. The minimum absolute atomic E-state index is 0.0204. The van der Waals surface area contributed by atoms with Crippen LogP contribution in [0.1, 0.15) is 6.42 Å². The zero-order valence-electron chi connectivity index (χ0n) is 10.5. The molecular formula is C12H18N2O3S. The fourth-order valence-corrected chi connectivity index (χ4v) is 1.87. The quantitative estimate of drug-likeness (QED) is 0.728. The molecular weight excluding hydrogens is 252 g/mol. The van der Waals surface area contributed by atoms with Crippen molar-refractivity contribution in [2.45, 2.75) is 12.5 Å². The van der Waals surface area contributed by atoms with Gasteiger partial charge in [-0.25, -0.2) is 0 Å². The average molecular weight is 270 g/mol. The van der Waals surface area contributed by atoms with Gasteiger partial charge in [-0.3, -0.25) is 4.79 Å². The number of ether oxygens (including phenoxy) is 1. The molecule has 18 heavy (non-hydrogen) atoms. The molecule has 0 bridgehead atoms. The molecule has 1 atom stereocenters. The van der Waals surface area contributed by atoms with Gasteiger partial charge in [-0.15, -0.1) is 0 Å². The van der Waals surface area contributed by atoms with E-state index < -0.39 is 6.04 Å². The van der Waals surface area contributed by atoms with Crippen molar-refractivity contribution in [1.29, 1.82) is 0 Å². The number of thioether (sulfide) groups is 1. The summed E-state index contributed by atoms with van der Waals surface area (Å²) in [5.41, 5.74) is 6.23. The first kappa shape index (κ1) is 14.7. The highest BCUT2D eigenvalue weighted by Gasteiger charge is 2.13. The van der Waals surface area contributed by atoms with Crippen molar-refractivity contribution in [2.24, 2.45) is 5.73 Å². The molecule has 0 spiro atoms. The lowest BCUT2D eigenvalue weighted by molar-refractivity contribution is -0.117. The predicted octanol–water partition coefficient (Wildman–Crippen LogP) is 1.42. The zero-order chi connectivity index (χ0) is 13.5. The van der Waals surface area contributed by atoms with Gasteiger partial charge in [0, 0.05) is 11.8 Å². The number of amides is 1. The Morgan fingerprint density at radius 1 is 1.61 bits per heavy atom. The number of benzene rings is 1. The minimum Gasteiger partial charge on any atom is -0.504 e. The summed E-state index contributed by atoms with van der Waals surface area (Å²) < 4.78 is 4.92. The lowest BCUT2D eigenvalue weighted by atomic mass is 10.2. The number of aromatic hydroxyl groups is 1. The SMILES string of the molecule is COc1ccc(NC(=O)[C@H](N)CCSC)cc1O. The Balaban J connectivity index is 2.61. The molecule has 4 N–H and O–H groups in total. The standard InChI is InChI=1S/C12H18N2O3S/c1-17-11-4-3-8(7-10(11)15)14-12(16)9(13)5-6-18-2/h3-4,7,9,15H,5-6,13H2,1-2H3,(H,14,16)/t9-/m1/s1. The summed E-state index contributed by atoms with van der Waals surface area (Å²) in [6, 6.07) is 4.12. The second-order valence-electron chi connectivity index (χ2n) is 3.76. The van der Waals surface area contributed by atoms with Gasteiger partial charge in [0.05, 0.1) is 13.2 Å². The molecule has 0 heterocycles. The van der Waals surface area contributed by atoms with E-state index >= 15 is 0 Å². The number of carbonyl (C=O) groups excluding carboxylic acids is 1. The predicted molar refractivity (Wildman–Crippen MR) is 74.3 cm³/mol. The van der Waals surface area contributed by atoms with Crippen molar-refractivity contribution in [3.63, 3.8) is 0 Å². The lowest BCUT2D eigenvalue weighted by Gasteiger charge is -2.12. The molecule has 1 amide bonds. The van der Waals surface area contributed by atoms with Crippen LogP contribution >= 0.6 is 11.8 Å². The summed E-state index contributed by atoms with van der Waals surface area (Å²) in [4.78, 5) is 11.7. The summed E-state index contributed by atoms with van der Waals surface area (Å²) >= 11 is 1.64. The van der Waals surface area contributed by atoms with Gasteiger partial charge in [0.1, 0.15) is 0 Å². The number of methoxy groups -OCH3 is 1. The van der Waals surface area contributed by atoms with Crippen LogP contribution in [0.4, 0.5) is 5.69 Å². The molecule has 0 fully saturated rings. The van der Waals surface area contributed by atoms with E-state index in [0.717, 1.165) is 5.75 Å². The van der Waals surface area contributed by atoms with Crippen LogP contribution in [0.15, 0.2) is 18.2 Å². The topological polar surface area (TPSA) is 84.6 Å². The number of hydrogen-bond donors (Lipinski definition) is 3. The summed E-state index contributed by atoms with van der Waals surface area (Å²) in [6.07, 6.45) is 2.58. The van der Waals surface area contributed by atoms with Crippen LogP contribution in [0.25, 0.3) is 0 Å². The molecule has 0 saturated heterocycles. The third kappa shape index (κ3) is 4.12. The Morgan fingerprint density at radius 2 is 2.33 bits per heavy atom. The molecule has 0 saturated carbocycles. The number of anilines is 1. The van der Waals surface area contributed by atoms with Crippen molar-refractivity contribution >= 4 is 23.4 Å². The number of rotatable bonds is 6. The second-order valence-corrected chi connectivity index (χ2v) is 4.75. The fourth-order valence-electron chi connectivity index (χ4n) is 1.38. The fraction of sp³-hybridized carbons (Fsp3) is 0.417. The van der Waals surface area contributed by atoms with Gasteiger partial charge in [0.2, 0.25) is 5.91 Å². The van der Waals surface area contributed by atoms with E-state index in [9.17, 15) is 9.90 Å². The third-order valence-corrected chi connectivity index (χ3v) is 3.06. The largest absolute Gasteiger partial charge is 0.504 e. The van der Waals surface area contributed by atoms with Crippen LogP contribution in [0.5, 0.6) is 11.5 Å². The molecule has 5 nitrogen and oxygen atoms in total. The van der Waals surface area contributed by atoms with Crippen molar-refractivity contribution in [3.8, 4) is 11.5 Å². The van der Waals surface area contributed by atoms with Gasteiger partial charge in [0.15, 0.2) is 11.5 Å². The van der Waals surface area contributed by atoms with Crippen molar-refractivity contribution < 1.29 is 14.6 Å². The van der Waals surface area contributed by atoms with E-state index in [1.54, 1.807) is 23.9 Å². The molecule has 1 aromatic carbocycles. The second kappa shape index (κ2) is 7.13. The van der Waals surface area contributed by atoms with Gasteiger partial charge in [0.25, 0.3) is 0 Å². The van der Waals surface area contributed by atoms with Gasteiger partial charge in [-0.05, 0) is 30.6 Å². The van der Waals surface area contributed by atoms with Gasteiger partial charge in [-0.2, -0.15) is 11.8 Å². The zero-order valence-corrected chi connectivity index (χ0v) is 11.3. The summed E-state index contributed by atoms with van der Waals surface area (Å²) in [5.74, 6) is 0.920. The number of nitrogens with one attached hydrogen (secondary N) is 1. The smallest absolute Gasteiger partial charge is 0.241 e. The van der Waals surface area contributed by atoms with E-state index in [2.05, 4.69) is 5.32 Å². The highest BCUT2D eigenvalue weighted by Crippen LogP contribution is 2.28. The number of nitrogens with two attached hydrogens (primary N) is 1. The van der Waals surface area contributed by atoms with Crippen LogP contribution in [0.2, 0.25) is 0 Å². The van der Waals surface area contributed by atoms with Crippen LogP contribution in [0, 0.1) is 0 Å². The highest BCUT2D eigenvalue weighted by molar-refractivity contribution is 7.98. The van der Waals surface area contributed by atoms with Crippen LogP contribution in [-0.2, 0) is 4.79 Å². The molecule has 1 rings (SSSR count). The monoisotopic (exact) mass is 270 g/mol. The minimum atomic E-state index is -0.540. The Bertz CT molecular complexity index is 412. The molecule has 0 aliphatic carbocycles. The van der Waals surface area contributed by atoms with E-state index in [-0.39, 0.29) is 11.7 Å². The first-order valence-corrected chi connectivity index (χ1v) is 6.90. The van der Waals surface area contributed by atoms with Crippen molar-refractivity contribution in [2.75, 3.05) is 24.4 Å². The molecule has 0 aromatic heterocycles. The molecule has 0 unspecified atom stereocenters. The van der Waals surface area contributed by atoms with Gasteiger partial charge < -0.3 is 20.9 Å². The van der Waals surface area contributed by atoms with Crippen molar-refractivity contribution in [1.82, 2.24) is 0 Å². The van der Waals surface area contributed by atoms with Gasteiger partial charge in [-0.1, -0.05) is 0 Å². The van der Waals surface area contributed by atoms with Crippen molar-refractivity contribution in [3.05, 3.63) is 18.2 Å². The van der Waals surface area contributed by atoms with E-state index in [1.807, 2.05) is 6.26 Å². The molecule has 0 radical (unpaired) electrons. The summed E-state index contributed by atoms with van der Waals surface area (Å²) in [7, 11) is 1.46. The Kier molecular flexibility index (Phi) is 5.80. The molecule has 0 aliphatic rings. The van der Waals surface area contributed by atoms with Gasteiger partial charge >= 0.3 is 0 Å². The highest BCUT2D eigenvalue weighted by atomic mass is 32.2. The number of hydrogen-bond acceptors (Lipinski definition) is 5. The first-order valence-electron chi connectivity index (χ1n) is 5.51. The normalized spacial score (nSPS) is 11.9. The van der Waals surface area contributed by atoms with Crippen LogP contribution in [0.3, 0.4) is 0 Å². The van der Waals surface area contributed by atoms with E-state index in [0.29, 0.717) is 17.9 Å². The first-order chi connectivity index (χ1) is 8.58. The number of phenols is 1. The van der Waals surface area contributed by atoms with E-state index in [4.69, 9.17) is 10.5 Å². The maximum absolute atomic E-state index is 11.7. The maximum Gasteiger partial charge on any atom is 0.241 e. The number of phenolic OH excluding ortho intramolecular Hbond substituents is 1. The Labute approximate surface area is 111 Å².